The van der Waals surface area contributed by atoms with Gasteiger partial charge in [0.05, 0.1) is 0 Å². The van der Waals surface area contributed by atoms with E-state index in [-0.39, 0.29) is 0 Å². The van der Waals surface area contributed by atoms with Crippen molar-refractivity contribution in [1.29, 1.82) is 0 Å². The van der Waals surface area contributed by atoms with Gasteiger partial charge in [0.2, 0.25) is 0 Å². The number of hydrogen-bond donors (Lipinski definition) is 0. The molecule has 1 heterocycles. The largest absolute Gasteiger partial charge is 0.196 e. The molecule has 0 N–H and O–H groups in total. The Kier molecular flexibility index (Phi) is 3.04. The molecule has 0 saturated carbocycles. The van der Waals surface area contributed by atoms with E-state index >= 15 is 0 Å². The number of benzene rings is 1. The Bertz CT molecular complexity index is 471. The van der Waals surface area contributed by atoms with Gasteiger partial charge in [0.25, 0.3) is 0 Å². The number of pyridine rings is 1. The normalized spacial score (nSPS) is 12.4. The number of hydrogen-bond acceptors (Lipinski definition) is 0. The van der Waals surface area contributed by atoms with Crippen LogP contribution >= 0.6 is 0 Å². The van der Waals surface area contributed by atoms with Crippen LogP contribution in [0.15, 0.2) is 48.7 Å². The van der Waals surface area contributed by atoms with E-state index in [2.05, 4.69) is 74.0 Å². The lowest BCUT2D eigenvalue weighted by Gasteiger charge is -2.09. The quantitative estimate of drug-likeness (QED) is 0.673. The van der Waals surface area contributed by atoms with Gasteiger partial charge in [0.1, 0.15) is 0 Å². The zero-order chi connectivity index (χ0) is 11.5. The molecule has 0 aliphatic heterocycles. The molecule has 0 fully saturated rings. The fourth-order valence-corrected chi connectivity index (χ4v) is 1.98. The molecule has 0 amide bonds. The molecule has 0 spiro atoms. The van der Waals surface area contributed by atoms with Crippen LogP contribution in [0.2, 0.25) is 0 Å². The molecular formula is C15H18N+. The van der Waals surface area contributed by atoms with Crippen LogP contribution in [-0.2, 0) is 0 Å². The van der Waals surface area contributed by atoms with Gasteiger partial charge in [0, 0.05) is 31.5 Å². The first kappa shape index (κ1) is 10.9. The third-order valence-electron chi connectivity index (χ3n) is 3.08. The van der Waals surface area contributed by atoms with E-state index in [0.29, 0.717) is 6.04 Å². The first-order valence-corrected chi connectivity index (χ1v) is 5.72. The molecule has 1 nitrogen and oxygen atoms in total. The Morgan fingerprint density at radius 2 is 1.62 bits per heavy atom. The van der Waals surface area contributed by atoms with Gasteiger partial charge in [-0.1, -0.05) is 35.9 Å². The number of rotatable bonds is 2. The SMILES string of the molecule is Cc1ccc(C(C)[n+]2ccccc2C)cc1. The predicted molar refractivity (Wildman–Crippen MR) is 66.4 cm³/mol. The summed E-state index contributed by atoms with van der Waals surface area (Å²) < 4.78 is 2.30. The molecule has 82 valence electrons. The molecule has 2 rings (SSSR count). The zero-order valence-corrected chi connectivity index (χ0v) is 10.1. The van der Waals surface area contributed by atoms with E-state index in [9.17, 15) is 0 Å². The van der Waals surface area contributed by atoms with Crippen LogP contribution in [0.25, 0.3) is 0 Å². The topological polar surface area (TPSA) is 3.88 Å². The van der Waals surface area contributed by atoms with Gasteiger partial charge in [-0.2, -0.15) is 4.57 Å². The highest BCUT2D eigenvalue weighted by Gasteiger charge is 2.16. The van der Waals surface area contributed by atoms with Gasteiger partial charge < -0.3 is 0 Å². The molecule has 1 atom stereocenters. The van der Waals surface area contributed by atoms with Gasteiger partial charge in [-0.05, 0) is 6.92 Å². The highest BCUT2D eigenvalue weighted by atomic mass is 15.0. The Labute approximate surface area is 97.4 Å². The van der Waals surface area contributed by atoms with E-state index in [0.717, 1.165) is 0 Å². The molecule has 1 aromatic carbocycles. The van der Waals surface area contributed by atoms with Crippen LogP contribution < -0.4 is 4.57 Å². The molecule has 2 aromatic rings. The van der Waals surface area contributed by atoms with E-state index < -0.39 is 0 Å². The summed E-state index contributed by atoms with van der Waals surface area (Å²) in [5, 5.41) is 0. The monoisotopic (exact) mass is 212 g/mol. The lowest BCUT2D eigenvalue weighted by Crippen LogP contribution is -2.40. The van der Waals surface area contributed by atoms with E-state index in [1.54, 1.807) is 0 Å². The Balaban J connectivity index is 2.35. The first-order valence-electron chi connectivity index (χ1n) is 5.72. The average molecular weight is 212 g/mol. The minimum Gasteiger partial charge on any atom is -0.196 e. The second-order valence-corrected chi connectivity index (χ2v) is 4.34. The Morgan fingerprint density at radius 1 is 0.938 bits per heavy atom. The van der Waals surface area contributed by atoms with Crippen molar-refractivity contribution >= 4 is 0 Å². The number of nitrogens with zero attached hydrogens (tertiary/aromatic N) is 1. The molecule has 0 bridgehead atoms. The maximum atomic E-state index is 2.30. The molecule has 16 heavy (non-hydrogen) atoms. The van der Waals surface area contributed by atoms with Gasteiger partial charge in [-0.3, -0.25) is 0 Å². The van der Waals surface area contributed by atoms with Crippen molar-refractivity contribution in [2.24, 2.45) is 0 Å². The molecule has 1 aromatic heterocycles. The fraction of sp³-hybridized carbons (Fsp3) is 0.267. The van der Waals surface area contributed by atoms with Crippen LogP contribution in [0.4, 0.5) is 0 Å². The summed E-state index contributed by atoms with van der Waals surface area (Å²) in [5.41, 5.74) is 3.95. The minimum atomic E-state index is 0.391. The summed E-state index contributed by atoms with van der Waals surface area (Å²) in [6.45, 7) is 6.50. The lowest BCUT2D eigenvalue weighted by atomic mass is 10.1. The van der Waals surface area contributed by atoms with Crippen molar-refractivity contribution in [3.63, 3.8) is 0 Å². The van der Waals surface area contributed by atoms with Gasteiger partial charge in [-0.25, -0.2) is 0 Å². The van der Waals surface area contributed by atoms with Crippen LogP contribution in [-0.4, -0.2) is 0 Å². The summed E-state index contributed by atoms with van der Waals surface area (Å²) in [4.78, 5) is 0. The standard InChI is InChI=1S/C15H18N/c1-12-7-9-15(10-8-12)14(3)16-11-5-4-6-13(16)2/h4-11,14H,1-3H3/q+1. The molecule has 0 aliphatic carbocycles. The second kappa shape index (κ2) is 4.48. The molecule has 1 unspecified atom stereocenters. The second-order valence-electron chi connectivity index (χ2n) is 4.34. The van der Waals surface area contributed by atoms with Gasteiger partial charge in [0.15, 0.2) is 17.9 Å². The first-order chi connectivity index (χ1) is 7.68. The maximum Gasteiger partial charge on any atom is 0.181 e. The molecule has 0 aliphatic rings. The highest BCUT2D eigenvalue weighted by molar-refractivity contribution is 5.22. The van der Waals surface area contributed by atoms with Crippen LogP contribution in [0, 0.1) is 13.8 Å². The molecule has 0 saturated heterocycles. The van der Waals surface area contributed by atoms with Crippen LogP contribution in [0.1, 0.15) is 29.8 Å². The van der Waals surface area contributed by atoms with Crippen molar-refractivity contribution in [3.05, 3.63) is 65.5 Å². The van der Waals surface area contributed by atoms with E-state index in [1.165, 1.54) is 16.8 Å². The van der Waals surface area contributed by atoms with Crippen molar-refractivity contribution in [1.82, 2.24) is 0 Å². The third kappa shape index (κ3) is 2.13. The summed E-state index contributed by atoms with van der Waals surface area (Å²) in [6.07, 6.45) is 2.14. The van der Waals surface area contributed by atoms with Crippen molar-refractivity contribution in [3.8, 4) is 0 Å². The smallest absolute Gasteiger partial charge is 0.181 e. The summed E-state index contributed by atoms with van der Waals surface area (Å²) >= 11 is 0. The van der Waals surface area contributed by atoms with Crippen LogP contribution in [0.3, 0.4) is 0 Å². The van der Waals surface area contributed by atoms with E-state index in [1.807, 2.05) is 0 Å². The Morgan fingerprint density at radius 3 is 2.25 bits per heavy atom. The molecule has 0 radical (unpaired) electrons. The summed E-state index contributed by atoms with van der Waals surface area (Å²) in [6, 6.07) is 15.5. The lowest BCUT2D eigenvalue weighted by molar-refractivity contribution is -0.716. The summed E-state index contributed by atoms with van der Waals surface area (Å²) in [5.74, 6) is 0. The number of aromatic nitrogens is 1. The van der Waals surface area contributed by atoms with Crippen molar-refractivity contribution in [2.75, 3.05) is 0 Å². The number of aryl methyl sites for hydroxylation is 2. The summed E-state index contributed by atoms with van der Waals surface area (Å²) in [7, 11) is 0. The van der Waals surface area contributed by atoms with Gasteiger partial charge >= 0.3 is 0 Å². The van der Waals surface area contributed by atoms with E-state index in [4.69, 9.17) is 0 Å². The van der Waals surface area contributed by atoms with Crippen molar-refractivity contribution < 1.29 is 4.57 Å². The maximum absolute atomic E-state index is 2.30. The zero-order valence-electron chi connectivity index (χ0n) is 10.1. The van der Waals surface area contributed by atoms with Crippen LogP contribution in [0.5, 0.6) is 0 Å². The molecular weight excluding hydrogens is 194 g/mol. The molecule has 1 heteroatoms. The predicted octanol–water partition coefficient (Wildman–Crippen LogP) is 3.20. The minimum absolute atomic E-state index is 0.391. The van der Waals surface area contributed by atoms with Gasteiger partial charge in [-0.15, -0.1) is 0 Å². The fourth-order valence-electron chi connectivity index (χ4n) is 1.98. The highest BCUT2D eigenvalue weighted by Crippen LogP contribution is 2.13. The third-order valence-corrected chi connectivity index (χ3v) is 3.08. The van der Waals surface area contributed by atoms with Crippen molar-refractivity contribution in [2.45, 2.75) is 26.8 Å². The average Bonchev–Trinajstić information content (AvgIpc) is 2.30. The Hall–Kier alpha value is -1.63.